The van der Waals surface area contributed by atoms with Crippen LogP contribution in [-0.2, 0) is 9.53 Å². The molecular formula is C40H24F2O4. The number of carbonyl (C=O) groups is 1. The normalized spacial score (nSPS) is 16.2. The Balaban J connectivity index is 1.28. The first-order chi connectivity index (χ1) is 22.4. The van der Waals surface area contributed by atoms with E-state index in [0.717, 1.165) is 11.1 Å². The molecule has 1 aliphatic heterocycles. The van der Waals surface area contributed by atoms with Crippen LogP contribution in [-0.4, -0.2) is 5.78 Å². The van der Waals surface area contributed by atoms with Gasteiger partial charge in [0.2, 0.25) is 0 Å². The van der Waals surface area contributed by atoms with Crippen molar-refractivity contribution in [1.29, 1.82) is 0 Å². The predicted molar refractivity (Wildman–Crippen MR) is 172 cm³/mol. The zero-order valence-corrected chi connectivity index (χ0v) is 24.2. The van der Waals surface area contributed by atoms with Gasteiger partial charge in [-0.2, -0.15) is 0 Å². The molecule has 0 fully saturated rings. The quantitative estimate of drug-likeness (QED) is 0.143. The molecule has 2 heterocycles. The zero-order chi connectivity index (χ0) is 31.6. The first kappa shape index (κ1) is 28.6. The van der Waals surface area contributed by atoms with Gasteiger partial charge in [-0.1, -0.05) is 54.3 Å². The van der Waals surface area contributed by atoms with Gasteiger partial charge in [-0.15, -0.1) is 0 Å². The Morgan fingerprint density at radius 3 is 1.63 bits per heavy atom. The van der Waals surface area contributed by atoms with Crippen LogP contribution in [0.5, 0.6) is 0 Å². The maximum Gasteiger partial charge on any atom is 0.361 e. The fraction of sp³-hybridized carbons (Fsp3) is 0. The van der Waals surface area contributed by atoms with Gasteiger partial charge in [0.15, 0.2) is 5.78 Å². The van der Waals surface area contributed by atoms with E-state index in [1.165, 1.54) is 24.3 Å². The molecule has 5 aromatic rings. The average molecular weight is 607 g/mol. The molecule has 0 saturated carbocycles. The Hall–Kier alpha value is -6.14. The number of benzene rings is 4. The van der Waals surface area contributed by atoms with E-state index in [-0.39, 0.29) is 34.3 Å². The monoisotopic (exact) mass is 606 g/mol. The summed E-state index contributed by atoms with van der Waals surface area (Å²) in [5.74, 6) is 0.446. The lowest BCUT2D eigenvalue weighted by atomic mass is 9.85. The molecule has 0 amide bonds. The second-order valence-corrected chi connectivity index (χ2v) is 10.8. The number of Topliss-reactive ketones (excluding diaryl/α,β-unsaturated/α-hetero) is 1. The number of allylic oxidation sites excluding steroid dienone is 6. The number of hydrogen-bond acceptors (Lipinski definition) is 3. The van der Waals surface area contributed by atoms with Crippen molar-refractivity contribution in [2.24, 2.45) is 0 Å². The summed E-state index contributed by atoms with van der Waals surface area (Å²) in [5.41, 5.74) is 4.16. The maximum absolute atomic E-state index is 13.6. The number of halogens is 2. The topological polar surface area (TPSA) is 60.7 Å². The molecule has 1 aromatic heterocycles. The molecule has 0 bridgehead atoms. The molecule has 7 rings (SSSR count). The first-order valence-corrected chi connectivity index (χ1v) is 14.5. The summed E-state index contributed by atoms with van der Waals surface area (Å²) in [6.45, 7) is 0. The third-order valence-electron chi connectivity index (χ3n) is 7.61. The Morgan fingerprint density at radius 1 is 0.609 bits per heavy atom. The van der Waals surface area contributed by atoms with Crippen molar-refractivity contribution in [3.63, 3.8) is 0 Å². The molecule has 222 valence electrons. The summed E-state index contributed by atoms with van der Waals surface area (Å²) in [6.07, 6.45) is 6.58. The highest BCUT2D eigenvalue weighted by Gasteiger charge is 2.28. The lowest BCUT2D eigenvalue weighted by molar-refractivity contribution is -0.300. The SMILES string of the molecule is O=C1C(=Cc2cc(-c3ccccc3)[o+]c(-c3ccc(F)cc3)c2)C([O-])=C1C=C1C=C(c2ccccc2)OC(c2ccc(F)cc2)=C1. The van der Waals surface area contributed by atoms with Crippen molar-refractivity contribution in [3.8, 4) is 22.6 Å². The molecule has 6 heteroatoms. The molecule has 4 aromatic carbocycles. The average Bonchev–Trinajstić information content (AvgIpc) is 3.10. The van der Waals surface area contributed by atoms with Crippen molar-refractivity contribution in [3.05, 3.63) is 190 Å². The van der Waals surface area contributed by atoms with Gasteiger partial charge in [-0.05, 0) is 96.1 Å². The third-order valence-corrected chi connectivity index (χ3v) is 7.61. The van der Waals surface area contributed by atoms with E-state index in [2.05, 4.69) is 0 Å². The van der Waals surface area contributed by atoms with Crippen molar-refractivity contribution in [2.45, 2.75) is 0 Å². The second-order valence-electron chi connectivity index (χ2n) is 10.8. The number of carbonyl (C=O) groups excluding carboxylic acids is 1. The van der Waals surface area contributed by atoms with Gasteiger partial charge >= 0.3 is 11.5 Å². The molecule has 1 aliphatic carbocycles. The van der Waals surface area contributed by atoms with Crippen LogP contribution in [0.25, 0.3) is 40.2 Å². The Labute approximate surface area is 263 Å². The Kier molecular flexibility index (Phi) is 7.53. The van der Waals surface area contributed by atoms with Crippen LogP contribution in [0.4, 0.5) is 8.78 Å². The Bertz CT molecular complexity index is 2120. The molecule has 2 aliphatic rings. The van der Waals surface area contributed by atoms with Gasteiger partial charge in [-0.25, -0.2) is 13.2 Å². The van der Waals surface area contributed by atoms with Gasteiger partial charge < -0.3 is 9.84 Å². The minimum Gasteiger partial charge on any atom is -0.871 e. The zero-order valence-electron chi connectivity index (χ0n) is 24.2. The molecule has 0 saturated heterocycles. The van der Waals surface area contributed by atoms with Gasteiger partial charge in [0, 0.05) is 22.3 Å². The highest BCUT2D eigenvalue weighted by atomic mass is 19.1. The number of ketones is 1. The molecule has 46 heavy (non-hydrogen) atoms. The number of ether oxygens (including phenoxy) is 1. The summed E-state index contributed by atoms with van der Waals surface area (Å²) < 4.78 is 39.6. The van der Waals surface area contributed by atoms with E-state index in [9.17, 15) is 18.7 Å². The predicted octanol–water partition coefficient (Wildman–Crippen LogP) is 8.79. The van der Waals surface area contributed by atoms with Gasteiger partial charge in [0.25, 0.3) is 0 Å². The van der Waals surface area contributed by atoms with Crippen molar-refractivity contribution >= 4 is 23.4 Å². The van der Waals surface area contributed by atoms with Crippen molar-refractivity contribution < 1.29 is 27.8 Å². The third kappa shape index (κ3) is 5.84. The van der Waals surface area contributed by atoms with Crippen molar-refractivity contribution in [2.75, 3.05) is 0 Å². The standard InChI is InChI=1S/C40H24F2O4/c41-31-15-11-29(12-16-31)37-23-25(21-35(45-37)27-7-3-1-4-8-27)19-33-39(43)34(40(33)44)20-26-22-36(28-9-5-2-6-10-28)46-38(24-26)30-13-17-32(42)18-14-30/h1-24H. The first-order valence-electron chi connectivity index (χ1n) is 14.5. The Morgan fingerprint density at radius 2 is 1.09 bits per heavy atom. The maximum atomic E-state index is 13.6. The van der Waals surface area contributed by atoms with Gasteiger partial charge in [0.05, 0.1) is 23.3 Å². The molecule has 0 atom stereocenters. The van der Waals surface area contributed by atoms with Crippen LogP contribution >= 0.6 is 0 Å². The van der Waals surface area contributed by atoms with Crippen LogP contribution in [0, 0.1) is 11.6 Å². The number of hydrogen-bond donors (Lipinski definition) is 0. The summed E-state index contributed by atoms with van der Waals surface area (Å²) >= 11 is 0. The van der Waals surface area contributed by atoms with Crippen LogP contribution in [0.15, 0.2) is 166 Å². The van der Waals surface area contributed by atoms with E-state index < -0.39 is 0 Å². The fourth-order valence-electron chi connectivity index (χ4n) is 5.24. The molecule has 0 radical (unpaired) electrons. The minimum absolute atomic E-state index is 0.0455. The lowest BCUT2D eigenvalue weighted by Gasteiger charge is -2.29. The van der Waals surface area contributed by atoms with E-state index in [0.29, 0.717) is 45.3 Å². The summed E-state index contributed by atoms with van der Waals surface area (Å²) in [6, 6.07) is 34.1. The van der Waals surface area contributed by atoms with Crippen LogP contribution in [0.1, 0.15) is 16.7 Å². The highest BCUT2D eigenvalue weighted by Crippen LogP contribution is 2.37. The van der Waals surface area contributed by atoms with E-state index in [1.54, 1.807) is 60.7 Å². The minimum atomic E-state index is -0.388. The molecule has 0 N–H and O–H groups in total. The summed E-state index contributed by atoms with van der Waals surface area (Å²) in [4.78, 5) is 13.4. The van der Waals surface area contributed by atoms with E-state index in [1.807, 2.05) is 60.7 Å². The molecular weight excluding hydrogens is 582 g/mol. The van der Waals surface area contributed by atoms with E-state index in [4.69, 9.17) is 9.15 Å². The van der Waals surface area contributed by atoms with Crippen LogP contribution in [0.3, 0.4) is 0 Å². The highest BCUT2D eigenvalue weighted by molar-refractivity contribution is 6.23. The van der Waals surface area contributed by atoms with Crippen molar-refractivity contribution in [1.82, 2.24) is 0 Å². The smallest absolute Gasteiger partial charge is 0.361 e. The second kappa shape index (κ2) is 12.1. The molecule has 4 nitrogen and oxygen atoms in total. The fourth-order valence-corrected chi connectivity index (χ4v) is 5.24. The molecule has 0 unspecified atom stereocenters. The molecule has 0 spiro atoms. The van der Waals surface area contributed by atoms with Gasteiger partial charge in [-0.3, -0.25) is 4.79 Å². The van der Waals surface area contributed by atoms with Crippen LogP contribution < -0.4 is 5.11 Å². The summed E-state index contributed by atoms with van der Waals surface area (Å²) in [7, 11) is 0. The summed E-state index contributed by atoms with van der Waals surface area (Å²) in [5, 5.41) is 13.4. The van der Waals surface area contributed by atoms with Crippen LogP contribution in [0.2, 0.25) is 0 Å². The van der Waals surface area contributed by atoms with E-state index >= 15 is 0 Å². The lowest BCUT2D eigenvalue weighted by Crippen LogP contribution is -2.29. The largest absolute Gasteiger partial charge is 0.871 e. The van der Waals surface area contributed by atoms with Gasteiger partial charge in [0.1, 0.15) is 23.2 Å². The number of rotatable bonds is 6.